The summed E-state index contributed by atoms with van der Waals surface area (Å²) < 4.78 is 5.45. The molecule has 5 nitrogen and oxygen atoms in total. The number of ether oxygens (including phenoxy) is 1. The lowest BCUT2D eigenvalue weighted by molar-refractivity contribution is -0.122. The molecule has 0 heterocycles. The molecule has 2 aliphatic rings. The van der Waals surface area contributed by atoms with Crippen LogP contribution in [0.4, 0.5) is 4.79 Å². The summed E-state index contributed by atoms with van der Waals surface area (Å²) in [5.74, 6) is 0.440. The summed E-state index contributed by atoms with van der Waals surface area (Å²) in [6.45, 7) is 6.08. The van der Waals surface area contributed by atoms with Crippen molar-refractivity contribution < 1.29 is 14.3 Å². The van der Waals surface area contributed by atoms with E-state index in [1.165, 1.54) is 12.8 Å². The number of carbonyl (C=O) groups excluding carboxylic acids is 2. The third-order valence-electron chi connectivity index (χ3n) is 5.01. The average molecular weight is 351 g/mol. The molecular formula is C20H34N2O3. The Bertz CT molecular complexity index is 486. The monoisotopic (exact) mass is 350 g/mol. The number of nitrogens with one attached hydrogen (secondary N) is 2. The minimum atomic E-state index is -0.520. The van der Waals surface area contributed by atoms with Crippen LogP contribution in [0.2, 0.25) is 0 Å². The molecule has 2 N–H and O–H groups in total. The SMILES string of the molecule is CC(C)(C)OC(=O)NC1(CNC(=O)CC2C=CCC2)CCCCCC1. The van der Waals surface area contributed by atoms with Crippen molar-refractivity contribution in [2.45, 2.75) is 89.7 Å². The summed E-state index contributed by atoms with van der Waals surface area (Å²) in [6, 6.07) is 0. The largest absolute Gasteiger partial charge is 0.444 e. The van der Waals surface area contributed by atoms with Crippen molar-refractivity contribution in [2.24, 2.45) is 5.92 Å². The van der Waals surface area contributed by atoms with Gasteiger partial charge in [0.25, 0.3) is 0 Å². The van der Waals surface area contributed by atoms with Crippen molar-refractivity contribution in [1.29, 1.82) is 0 Å². The van der Waals surface area contributed by atoms with Gasteiger partial charge >= 0.3 is 6.09 Å². The molecule has 2 amide bonds. The first-order valence-electron chi connectivity index (χ1n) is 9.73. The Morgan fingerprint density at radius 2 is 1.84 bits per heavy atom. The van der Waals surface area contributed by atoms with E-state index in [9.17, 15) is 9.59 Å². The van der Waals surface area contributed by atoms with Gasteiger partial charge in [-0.2, -0.15) is 0 Å². The van der Waals surface area contributed by atoms with Crippen LogP contribution in [0.5, 0.6) is 0 Å². The van der Waals surface area contributed by atoms with E-state index in [0.717, 1.165) is 38.5 Å². The fourth-order valence-corrected chi connectivity index (χ4v) is 3.71. The van der Waals surface area contributed by atoms with Crippen LogP contribution in [0.25, 0.3) is 0 Å². The molecular weight excluding hydrogens is 316 g/mol. The highest BCUT2D eigenvalue weighted by Crippen LogP contribution is 2.27. The lowest BCUT2D eigenvalue weighted by atomic mass is 9.90. The highest BCUT2D eigenvalue weighted by Gasteiger charge is 2.34. The number of rotatable bonds is 5. The van der Waals surface area contributed by atoms with Crippen molar-refractivity contribution in [3.8, 4) is 0 Å². The molecule has 0 aliphatic heterocycles. The molecule has 0 saturated heterocycles. The fraction of sp³-hybridized carbons (Fsp3) is 0.800. The lowest BCUT2D eigenvalue weighted by Crippen LogP contribution is -2.56. The highest BCUT2D eigenvalue weighted by atomic mass is 16.6. The zero-order valence-electron chi connectivity index (χ0n) is 16.0. The Hall–Kier alpha value is -1.52. The van der Waals surface area contributed by atoms with E-state index >= 15 is 0 Å². The van der Waals surface area contributed by atoms with E-state index in [2.05, 4.69) is 22.8 Å². The summed E-state index contributed by atoms with van der Waals surface area (Å²) in [4.78, 5) is 24.6. The first kappa shape index (κ1) is 19.8. The van der Waals surface area contributed by atoms with Gasteiger partial charge in [0, 0.05) is 13.0 Å². The van der Waals surface area contributed by atoms with E-state index in [4.69, 9.17) is 4.74 Å². The van der Waals surface area contributed by atoms with Crippen LogP contribution in [0.1, 0.15) is 78.6 Å². The van der Waals surface area contributed by atoms with Crippen molar-refractivity contribution in [1.82, 2.24) is 10.6 Å². The third-order valence-corrected chi connectivity index (χ3v) is 5.01. The van der Waals surface area contributed by atoms with Gasteiger partial charge in [0.15, 0.2) is 0 Å². The maximum absolute atomic E-state index is 12.3. The maximum Gasteiger partial charge on any atom is 0.408 e. The van der Waals surface area contributed by atoms with Crippen LogP contribution in [-0.2, 0) is 9.53 Å². The molecule has 0 radical (unpaired) electrons. The minimum Gasteiger partial charge on any atom is -0.444 e. The van der Waals surface area contributed by atoms with Crippen molar-refractivity contribution in [3.63, 3.8) is 0 Å². The van der Waals surface area contributed by atoms with E-state index in [-0.39, 0.29) is 17.5 Å². The quantitative estimate of drug-likeness (QED) is 0.580. The standard InChI is InChI=1S/C20H34N2O3/c1-19(2,3)25-18(24)22-20(12-8-4-5-9-13-20)15-21-17(23)14-16-10-6-7-11-16/h6,10,16H,4-5,7-9,11-15H2,1-3H3,(H,21,23)(H,22,24). The first-order chi connectivity index (χ1) is 11.8. The van der Waals surface area contributed by atoms with Gasteiger partial charge in [0.2, 0.25) is 5.91 Å². The summed E-state index contributed by atoms with van der Waals surface area (Å²) in [7, 11) is 0. The number of hydrogen-bond acceptors (Lipinski definition) is 3. The van der Waals surface area contributed by atoms with Gasteiger partial charge in [0.1, 0.15) is 5.60 Å². The Balaban J connectivity index is 1.93. The van der Waals surface area contributed by atoms with Gasteiger partial charge in [-0.15, -0.1) is 0 Å². The Morgan fingerprint density at radius 3 is 2.40 bits per heavy atom. The normalized spacial score (nSPS) is 22.9. The Kier molecular flexibility index (Phi) is 6.91. The summed E-state index contributed by atoms with van der Waals surface area (Å²) in [5, 5.41) is 6.16. The smallest absolute Gasteiger partial charge is 0.408 e. The van der Waals surface area contributed by atoms with E-state index in [1.807, 2.05) is 20.8 Å². The van der Waals surface area contributed by atoms with Crippen molar-refractivity contribution in [2.75, 3.05) is 6.54 Å². The van der Waals surface area contributed by atoms with Gasteiger partial charge in [0.05, 0.1) is 5.54 Å². The van der Waals surface area contributed by atoms with Gasteiger partial charge in [-0.05, 0) is 52.4 Å². The zero-order chi connectivity index (χ0) is 18.3. The molecule has 1 saturated carbocycles. The molecule has 0 bridgehead atoms. The van der Waals surface area contributed by atoms with Crippen LogP contribution < -0.4 is 10.6 Å². The molecule has 1 atom stereocenters. The molecule has 142 valence electrons. The maximum atomic E-state index is 12.3. The second-order valence-electron chi connectivity index (χ2n) is 8.57. The number of alkyl carbamates (subject to hydrolysis) is 1. The molecule has 25 heavy (non-hydrogen) atoms. The van der Waals surface area contributed by atoms with E-state index in [1.54, 1.807) is 0 Å². The fourth-order valence-electron chi connectivity index (χ4n) is 3.71. The predicted octanol–water partition coefficient (Wildman–Crippen LogP) is 4.08. The third kappa shape index (κ3) is 7.09. The molecule has 0 spiro atoms. The number of hydrogen-bond donors (Lipinski definition) is 2. The van der Waals surface area contributed by atoms with E-state index < -0.39 is 5.60 Å². The van der Waals surface area contributed by atoms with Gasteiger partial charge in [-0.1, -0.05) is 37.8 Å². The number of allylic oxidation sites excluding steroid dienone is 2. The molecule has 1 fully saturated rings. The summed E-state index contributed by atoms with van der Waals surface area (Å²) in [6.07, 6.45) is 12.8. The Morgan fingerprint density at radius 1 is 1.16 bits per heavy atom. The van der Waals surface area contributed by atoms with Gasteiger partial charge in [-0.25, -0.2) is 4.79 Å². The molecule has 0 aromatic carbocycles. The summed E-state index contributed by atoms with van der Waals surface area (Å²) in [5.41, 5.74) is -0.909. The summed E-state index contributed by atoms with van der Waals surface area (Å²) >= 11 is 0. The lowest BCUT2D eigenvalue weighted by Gasteiger charge is -2.35. The number of carbonyl (C=O) groups is 2. The van der Waals surface area contributed by atoms with Crippen LogP contribution in [0.3, 0.4) is 0 Å². The predicted molar refractivity (Wildman–Crippen MR) is 99.3 cm³/mol. The van der Waals surface area contributed by atoms with Crippen molar-refractivity contribution >= 4 is 12.0 Å². The second-order valence-corrected chi connectivity index (χ2v) is 8.57. The van der Waals surface area contributed by atoms with Crippen LogP contribution in [0, 0.1) is 5.92 Å². The molecule has 0 aromatic heterocycles. The molecule has 0 aromatic rings. The van der Waals surface area contributed by atoms with Crippen LogP contribution >= 0.6 is 0 Å². The Labute approximate surface area is 152 Å². The molecule has 1 unspecified atom stereocenters. The van der Waals surface area contributed by atoms with Gasteiger partial charge in [-0.3, -0.25) is 4.79 Å². The van der Waals surface area contributed by atoms with Crippen LogP contribution in [0.15, 0.2) is 12.2 Å². The average Bonchev–Trinajstić information content (AvgIpc) is 2.89. The minimum absolute atomic E-state index is 0.0751. The molecule has 5 heteroatoms. The van der Waals surface area contributed by atoms with Gasteiger partial charge < -0.3 is 15.4 Å². The molecule has 2 rings (SSSR count). The molecule has 2 aliphatic carbocycles. The highest BCUT2D eigenvalue weighted by molar-refractivity contribution is 5.76. The zero-order valence-corrected chi connectivity index (χ0v) is 16.0. The van der Waals surface area contributed by atoms with Crippen molar-refractivity contribution in [3.05, 3.63) is 12.2 Å². The number of amides is 2. The van der Waals surface area contributed by atoms with Crippen LogP contribution in [-0.4, -0.2) is 29.7 Å². The first-order valence-corrected chi connectivity index (χ1v) is 9.73. The second kappa shape index (κ2) is 8.72. The van der Waals surface area contributed by atoms with E-state index in [0.29, 0.717) is 18.9 Å². The topological polar surface area (TPSA) is 67.4 Å².